The molecular weight excluding hydrogens is 312 g/mol. The Morgan fingerprint density at radius 2 is 2.08 bits per heavy atom. The predicted octanol–water partition coefficient (Wildman–Crippen LogP) is 3.90. The zero-order valence-electron chi connectivity index (χ0n) is 15.5. The molecule has 0 amide bonds. The molecule has 4 fully saturated rings. The number of aliphatic hydroxyl groups is 1. The second-order valence-electron chi connectivity index (χ2n) is 9.75. The number of carbonyl (C=O) groups excluding carboxylic acids is 1. The van der Waals surface area contributed by atoms with Crippen LogP contribution in [-0.2, 0) is 9.53 Å². The van der Waals surface area contributed by atoms with Gasteiger partial charge in [-0.3, -0.25) is 4.79 Å². The molecule has 0 aromatic carbocycles. The lowest BCUT2D eigenvalue weighted by atomic mass is 9.49. The fraction of sp³-hybridized carbons (Fsp3) is 0.864. The summed E-state index contributed by atoms with van der Waals surface area (Å²) in [6.45, 7) is 3.69. The minimum Gasteiger partial charge on any atom is -0.396 e. The molecule has 1 N–H and O–H groups in total. The van der Waals surface area contributed by atoms with Crippen LogP contribution in [0.1, 0.15) is 64.7 Å². The normalized spacial score (nSPS) is 51.8. The van der Waals surface area contributed by atoms with Gasteiger partial charge in [-0.25, -0.2) is 0 Å². The van der Waals surface area contributed by atoms with E-state index in [9.17, 15) is 9.90 Å². The highest BCUT2D eigenvalue weighted by Crippen LogP contribution is 2.68. The molecule has 5 aliphatic rings. The third-order valence-electron chi connectivity index (χ3n) is 9.11. The van der Waals surface area contributed by atoms with E-state index in [4.69, 9.17) is 4.74 Å². The maximum Gasteiger partial charge on any atom is 0.155 e. The highest BCUT2D eigenvalue weighted by atomic mass is 16.5. The van der Waals surface area contributed by atoms with Crippen LogP contribution in [-0.4, -0.2) is 29.7 Å². The molecule has 7 atom stereocenters. The Morgan fingerprint density at radius 3 is 2.84 bits per heavy atom. The van der Waals surface area contributed by atoms with Gasteiger partial charge in [0.2, 0.25) is 0 Å². The van der Waals surface area contributed by atoms with Crippen molar-refractivity contribution in [2.45, 2.75) is 70.3 Å². The first-order chi connectivity index (χ1) is 12.1. The van der Waals surface area contributed by atoms with E-state index in [1.807, 2.05) is 6.08 Å². The molecule has 138 valence electrons. The van der Waals surface area contributed by atoms with E-state index in [0.717, 1.165) is 37.2 Å². The van der Waals surface area contributed by atoms with Crippen LogP contribution < -0.4 is 0 Å². The third-order valence-corrected chi connectivity index (χ3v) is 9.11. The van der Waals surface area contributed by atoms with Crippen LogP contribution in [0, 0.1) is 35.0 Å². The Hall–Kier alpha value is -0.670. The lowest BCUT2D eigenvalue weighted by Gasteiger charge is -2.57. The van der Waals surface area contributed by atoms with Gasteiger partial charge in [-0.05, 0) is 86.5 Å². The largest absolute Gasteiger partial charge is 0.396 e. The molecule has 1 spiro atoms. The van der Waals surface area contributed by atoms with Crippen molar-refractivity contribution in [2.75, 3.05) is 13.2 Å². The molecule has 1 heterocycles. The number of ether oxygens (including phenoxy) is 1. The molecule has 1 saturated heterocycles. The number of fused-ring (bicyclic) bond motifs is 6. The summed E-state index contributed by atoms with van der Waals surface area (Å²) in [6, 6.07) is 0. The van der Waals surface area contributed by atoms with E-state index in [-0.39, 0.29) is 23.9 Å². The summed E-state index contributed by atoms with van der Waals surface area (Å²) in [5, 5.41) is 10.0. The van der Waals surface area contributed by atoms with Gasteiger partial charge in [-0.2, -0.15) is 0 Å². The lowest BCUT2D eigenvalue weighted by molar-refractivity contribution is -0.131. The molecule has 4 aliphatic carbocycles. The molecule has 3 nitrogen and oxygen atoms in total. The molecule has 0 aromatic rings. The fourth-order valence-electron chi connectivity index (χ4n) is 7.95. The van der Waals surface area contributed by atoms with Crippen LogP contribution in [0.25, 0.3) is 0 Å². The van der Waals surface area contributed by atoms with Gasteiger partial charge in [0.05, 0.1) is 5.60 Å². The summed E-state index contributed by atoms with van der Waals surface area (Å²) in [5.41, 5.74) is 1.78. The summed E-state index contributed by atoms with van der Waals surface area (Å²) in [5.74, 6) is 3.25. The van der Waals surface area contributed by atoms with E-state index in [1.54, 1.807) is 0 Å². The molecule has 1 aliphatic heterocycles. The number of ketones is 1. The van der Waals surface area contributed by atoms with E-state index in [1.165, 1.54) is 44.1 Å². The number of hydrogen-bond donors (Lipinski definition) is 1. The predicted molar refractivity (Wildman–Crippen MR) is 96.0 cm³/mol. The van der Waals surface area contributed by atoms with Gasteiger partial charge in [0.1, 0.15) is 0 Å². The molecule has 3 saturated carbocycles. The first-order valence-corrected chi connectivity index (χ1v) is 10.6. The van der Waals surface area contributed by atoms with Gasteiger partial charge < -0.3 is 9.84 Å². The minimum atomic E-state index is 0.149. The molecule has 0 radical (unpaired) electrons. The number of carbonyl (C=O) groups is 1. The summed E-state index contributed by atoms with van der Waals surface area (Å²) >= 11 is 0. The average molecular weight is 344 g/mol. The molecule has 25 heavy (non-hydrogen) atoms. The lowest BCUT2D eigenvalue weighted by Crippen LogP contribution is -2.53. The topological polar surface area (TPSA) is 46.5 Å². The maximum atomic E-state index is 12.0. The summed E-state index contributed by atoms with van der Waals surface area (Å²) in [4.78, 5) is 12.0. The van der Waals surface area contributed by atoms with Crippen molar-refractivity contribution in [3.8, 4) is 0 Å². The van der Waals surface area contributed by atoms with Crippen LogP contribution in [0.15, 0.2) is 11.6 Å². The van der Waals surface area contributed by atoms with Gasteiger partial charge in [-0.15, -0.1) is 0 Å². The van der Waals surface area contributed by atoms with Gasteiger partial charge in [0, 0.05) is 25.6 Å². The van der Waals surface area contributed by atoms with Crippen molar-refractivity contribution in [1.29, 1.82) is 0 Å². The molecule has 3 heteroatoms. The fourth-order valence-corrected chi connectivity index (χ4v) is 7.95. The maximum absolute atomic E-state index is 12.0. The first-order valence-electron chi connectivity index (χ1n) is 10.6. The van der Waals surface area contributed by atoms with Crippen LogP contribution in [0.3, 0.4) is 0 Å². The first kappa shape index (κ1) is 16.5. The van der Waals surface area contributed by atoms with Crippen LogP contribution in [0.2, 0.25) is 0 Å². The molecule has 3 unspecified atom stereocenters. The van der Waals surface area contributed by atoms with Crippen molar-refractivity contribution >= 4 is 5.78 Å². The highest BCUT2D eigenvalue weighted by molar-refractivity contribution is 5.91. The second kappa shape index (κ2) is 5.66. The SMILES string of the molecule is C[C@]12CCC3C(C[C@@H](CO)C4=CC(=O)CC[C@@H]43)C1CC[C@@]21CCCO1. The Labute approximate surface area is 151 Å². The monoisotopic (exact) mass is 344 g/mol. The summed E-state index contributed by atoms with van der Waals surface area (Å²) in [6.07, 6.45) is 12.3. The zero-order valence-corrected chi connectivity index (χ0v) is 15.5. The van der Waals surface area contributed by atoms with Gasteiger partial charge in [-0.1, -0.05) is 12.5 Å². The quantitative estimate of drug-likeness (QED) is 0.785. The standard InChI is InChI=1S/C22H32O3/c1-21-8-5-17-16-4-3-15(24)12-18(16)14(13-23)11-19(17)20(21)6-9-22(21)7-2-10-25-22/h12,14,16-17,19-20,23H,2-11,13H2,1H3/t14-,16+,17?,19?,20?,21-,22-/m0/s1. The number of rotatable bonds is 1. The number of hydrogen-bond acceptors (Lipinski definition) is 3. The van der Waals surface area contributed by atoms with Crippen molar-refractivity contribution in [3.63, 3.8) is 0 Å². The average Bonchev–Trinajstić information content (AvgIpc) is 3.20. The third kappa shape index (κ3) is 2.15. The van der Waals surface area contributed by atoms with E-state index < -0.39 is 0 Å². The smallest absolute Gasteiger partial charge is 0.155 e. The van der Waals surface area contributed by atoms with E-state index in [0.29, 0.717) is 17.8 Å². The Balaban J connectivity index is 1.49. The second-order valence-corrected chi connectivity index (χ2v) is 9.75. The summed E-state index contributed by atoms with van der Waals surface area (Å²) < 4.78 is 6.42. The Kier molecular flexibility index (Phi) is 3.74. The van der Waals surface area contributed by atoms with Gasteiger partial charge in [0.25, 0.3) is 0 Å². The van der Waals surface area contributed by atoms with E-state index >= 15 is 0 Å². The van der Waals surface area contributed by atoms with Crippen LogP contribution in [0.5, 0.6) is 0 Å². The van der Waals surface area contributed by atoms with Crippen LogP contribution in [0.4, 0.5) is 0 Å². The minimum absolute atomic E-state index is 0.149. The van der Waals surface area contributed by atoms with Crippen molar-refractivity contribution in [2.24, 2.45) is 35.0 Å². The van der Waals surface area contributed by atoms with Gasteiger partial charge in [0.15, 0.2) is 5.78 Å². The molecule has 5 rings (SSSR count). The molecule has 0 bridgehead atoms. The van der Waals surface area contributed by atoms with Gasteiger partial charge >= 0.3 is 0 Å². The zero-order chi connectivity index (χ0) is 17.2. The molecular formula is C22H32O3. The molecule has 0 aromatic heterocycles. The Morgan fingerprint density at radius 1 is 1.20 bits per heavy atom. The van der Waals surface area contributed by atoms with Crippen molar-refractivity contribution in [1.82, 2.24) is 0 Å². The highest BCUT2D eigenvalue weighted by Gasteiger charge is 2.64. The van der Waals surface area contributed by atoms with E-state index in [2.05, 4.69) is 6.92 Å². The Bertz CT molecular complexity index is 602. The van der Waals surface area contributed by atoms with Crippen molar-refractivity contribution < 1.29 is 14.6 Å². The van der Waals surface area contributed by atoms with Crippen molar-refractivity contribution in [3.05, 3.63) is 11.6 Å². The number of aliphatic hydroxyl groups excluding tert-OH is 1. The van der Waals surface area contributed by atoms with Crippen LogP contribution >= 0.6 is 0 Å². The summed E-state index contributed by atoms with van der Waals surface area (Å²) in [7, 11) is 0.